The second kappa shape index (κ2) is 18.1. The van der Waals surface area contributed by atoms with Gasteiger partial charge in [-0.15, -0.1) is 0 Å². The second-order valence-corrected chi connectivity index (χ2v) is 20.1. The molecule has 354 valence electrons. The van der Waals surface area contributed by atoms with Crippen molar-refractivity contribution >= 4 is 0 Å². The van der Waals surface area contributed by atoms with Gasteiger partial charge in [0.15, 0.2) is 0 Å². The van der Waals surface area contributed by atoms with Crippen LogP contribution >= 0.6 is 0 Å². The zero-order valence-electron chi connectivity index (χ0n) is 43.2. The van der Waals surface area contributed by atoms with E-state index in [-0.39, 0.29) is 52.3 Å². The summed E-state index contributed by atoms with van der Waals surface area (Å²) in [7, 11) is 0. The van der Waals surface area contributed by atoms with Crippen molar-refractivity contribution in [2.24, 2.45) is 0 Å². The minimum absolute atomic E-state index is 0.221. The molecular weight excluding hydrogens is 841 g/mol. The van der Waals surface area contributed by atoms with Gasteiger partial charge >= 0.3 is 0 Å². The van der Waals surface area contributed by atoms with Crippen molar-refractivity contribution in [3.8, 4) is 34.5 Å². The summed E-state index contributed by atoms with van der Waals surface area (Å²) >= 11 is 0. The largest absolute Gasteiger partial charge is 0.508 e. The highest BCUT2D eigenvalue weighted by molar-refractivity contribution is 5.65. The maximum Gasteiger partial charge on any atom is 0.121 e. The zero-order valence-corrected chi connectivity index (χ0v) is 43.2. The number of aromatic hydroxyl groups is 6. The Morgan fingerprint density at radius 1 is 0.235 bits per heavy atom. The van der Waals surface area contributed by atoms with Crippen LogP contribution in [-0.2, 0) is 0 Å². The molecule has 6 N–H and O–H groups in total. The molecule has 7 aromatic carbocycles. The molecule has 0 spiro atoms. The zero-order chi connectivity index (χ0) is 50.3. The van der Waals surface area contributed by atoms with Gasteiger partial charge in [-0.25, -0.2) is 0 Å². The molecule has 0 saturated carbocycles. The van der Waals surface area contributed by atoms with Crippen LogP contribution in [0.25, 0.3) is 0 Å². The molecule has 6 heteroatoms. The average Bonchev–Trinajstić information content (AvgIpc) is 3.31. The summed E-state index contributed by atoms with van der Waals surface area (Å²) in [5, 5.41) is 68.0. The molecule has 0 aliphatic rings. The van der Waals surface area contributed by atoms with E-state index < -0.39 is 0 Å². The Hall–Kier alpha value is -6.66. The van der Waals surface area contributed by atoms with Crippen molar-refractivity contribution < 1.29 is 30.6 Å². The van der Waals surface area contributed by atoms with E-state index >= 15 is 0 Å². The molecule has 1 unspecified atom stereocenters. The molecule has 0 fully saturated rings. The van der Waals surface area contributed by atoms with E-state index in [2.05, 4.69) is 90.1 Å². The van der Waals surface area contributed by atoms with Crippen molar-refractivity contribution in [3.63, 3.8) is 0 Å². The molecule has 7 aromatic rings. The van der Waals surface area contributed by atoms with Crippen LogP contribution in [0.5, 0.6) is 34.5 Å². The fourth-order valence-electron chi connectivity index (χ4n) is 10.9. The lowest BCUT2D eigenvalue weighted by Gasteiger charge is -2.32. The first-order chi connectivity index (χ1) is 31.8. The molecule has 0 heterocycles. The third-order valence-electron chi connectivity index (χ3n) is 16.1. The normalized spacial score (nSPS) is 12.2. The van der Waals surface area contributed by atoms with Gasteiger partial charge in [0.1, 0.15) is 34.5 Å². The smallest absolute Gasteiger partial charge is 0.121 e. The molecule has 6 nitrogen and oxygen atoms in total. The van der Waals surface area contributed by atoms with Gasteiger partial charge in [0.05, 0.1) is 0 Å². The van der Waals surface area contributed by atoms with Crippen molar-refractivity contribution in [2.75, 3.05) is 0 Å². The molecule has 0 aliphatic carbocycles. The van der Waals surface area contributed by atoms with E-state index in [0.29, 0.717) is 0 Å². The summed E-state index contributed by atoms with van der Waals surface area (Å²) < 4.78 is 0. The topological polar surface area (TPSA) is 121 Å². The summed E-state index contributed by atoms with van der Waals surface area (Å²) in [5.41, 5.74) is 23.6. The monoisotopic (exact) mass is 911 g/mol. The van der Waals surface area contributed by atoms with Crippen molar-refractivity contribution in [2.45, 2.75) is 135 Å². The van der Waals surface area contributed by atoms with Gasteiger partial charge in [0.25, 0.3) is 0 Å². The van der Waals surface area contributed by atoms with Gasteiger partial charge in [-0.1, -0.05) is 54.6 Å². The highest BCUT2D eigenvalue weighted by atomic mass is 16.3. The van der Waals surface area contributed by atoms with Crippen LogP contribution < -0.4 is 0 Å². The van der Waals surface area contributed by atoms with Crippen LogP contribution in [0.2, 0.25) is 0 Å². The third kappa shape index (κ3) is 8.06. The molecule has 0 radical (unpaired) electrons. The Balaban J connectivity index is 1.77. The standard InChI is InChI=1S/C62H70O6/c1-28-20-49(34(7)40(13)58(28)64)55(48-18-19-54(63)39(12)33(48)6)45-25-46(56(50-21-29(2)59(65)41(14)35(50)8)51-22-30(3)60(66)42(15)36(51)9)27-47(26-45)57(52-23-31(4)61(67)43(16)37(52)10)53-24-32(5)62(68)44(17)38(53)11/h18-27,55-57,63-68H,1-17H3. The maximum atomic E-state index is 11.4. The van der Waals surface area contributed by atoms with Crippen LogP contribution in [0.3, 0.4) is 0 Å². The number of hydrogen-bond acceptors (Lipinski definition) is 6. The molecule has 0 aliphatic heterocycles. The van der Waals surface area contributed by atoms with Crippen LogP contribution in [0.1, 0.15) is 162 Å². The number of rotatable bonds is 9. The van der Waals surface area contributed by atoms with Gasteiger partial charge in [0, 0.05) is 17.8 Å². The molecule has 0 saturated heterocycles. The van der Waals surface area contributed by atoms with Crippen molar-refractivity contribution in [1.29, 1.82) is 0 Å². The highest BCUT2D eigenvalue weighted by Gasteiger charge is 2.33. The molecule has 0 amide bonds. The summed E-state index contributed by atoms with van der Waals surface area (Å²) in [6, 6.07) is 21.3. The molecule has 7 rings (SSSR count). The predicted molar refractivity (Wildman–Crippen MR) is 278 cm³/mol. The highest BCUT2D eigenvalue weighted by Crippen LogP contribution is 2.49. The minimum Gasteiger partial charge on any atom is -0.508 e. The SMILES string of the molecule is Cc1cc(C(c2cc(C(c3cc(C)c(O)c(C)c3C)c3cc(C)c(O)c(C)c3C)cc(C(c3cc(C)c(O)c(C)c3C)c3cc(C)c(O)c(C)c3C)c2)c2ccc(O)c(C)c2C)c(C)c(C)c1O. The van der Waals surface area contributed by atoms with Crippen LogP contribution in [0.15, 0.2) is 60.7 Å². The Bertz CT molecular complexity index is 2940. The summed E-state index contributed by atoms with van der Waals surface area (Å²) in [4.78, 5) is 0. The van der Waals surface area contributed by atoms with E-state index in [9.17, 15) is 30.6 Å². The average molecular weight is 911 g/mol. The first-order valence-electron chi connectivity index (χ1n) is 23.7. The number of benzene rings is 7. The third-order valence-corrected chi connectivity index (χ3v) is 16.1. The van der Waals surface area contributed by atoms with E-state index in [4.69, 9.17) is 0 Å². The van der Waals surface area contributed by atoms with Gasteiger partial charge in [-0.05, 0) is 268 Å². The molecular formula is C62H70O6. The maximum absolute atomic E-state index is 11.4. The molecule has 0 aromatic heterocycles. The lowest BCUT2D eigenvalue weighted by molar-refractivity contribution is 0.465. The number of phenols is 6. The fraction of sp³-hybridized carbons (Fsp3) is 0.323. The summed E-state index contributed by atoms with van der Waals surface area (Å²) in [6.45, 7) is 34.0. The first kappa shape index (κ1) is 49.3. The van der Waals surface area contributed by atoms with E-state index in [1.807, 2.05) is 82.2 Å². The Morgan fingerprint density at radius 3 is 0.676 bits per heavy atom. The Morgan fingerprint density at radius 2 is 0.441 bits per heavy atom. The van der Waals surface area contributed by atoms with E-state index in [0.717, 1.165) is 145 Å². The van der Waals surface area contributed by atoms with E-state index in [1.54, 1.807) is 6.07 Å². The quantitative estimate of drug-likeness (QED) is 0.0803. The Labute approximate surface area is 404 Å². The predicted octanol–water partition coefficient (Wildman–Crippen LogP) is 14.7. The number of aryl methyl sites for hydroxylation is 5. The fourth-order valence-corrected chi connectivity index (χ4v) is 10.9. The number of hydrogen-bond donors (Lipinski definition) is 6. The summed E-state index contributed by atoms with van der Waals surface area (Å²) in [6.07, 6.45) is 0. The molecule has 68 heavy (non-hydrogen) atoms. The lowest BCUT2D eigenvalue weighted by Crippen LogP contribution is -2.16. The van der Waals surface area contributed by atoms with Crippen LogP contribution in [0.4, 0.5) is 0 Å². The van der Waals surface area contributed by atoms with Gasteiger partial charge < -0.3 is 30.6 Å². The number of phenolic OH excluding ortho intramolecular Hbond substituents is 6. The van der Waals surface area contributed by atoms with Crippen LogP contribution in [0, 0.1) is 118 Å². The molecule has 1 atom stereocenters. The minimum atomic E-state index is -0.383. The lowest BCUT2D eigenvalue weighted by atomic mass is 9.72. The van der Waals surface area contributed by atoms with Gasteiger partial charge in [0.2, 0.25) is 0 Å². The van der Waals surface area contributed by atoms with Gasteiger partial charge in [-0.2, -0.15) is 0 Å². The Kier molecular flexibility index (Phi) is 13.1. The summed E-state index contributed by atoms with van der Waals surface area (Å²) in [5.74, 6) is 0.409. The van der Waals surface area contributed by atoms with E-state index in [1.165, 1.54) is 0 Å². The van der Waals surface area contributed by atoms with Crippen LogP contribution in [-0.4, -0.2) is 30.6 Å². The van der Waals surface area contributed by atoms with Gasteiger partial charge in [-0.3, -0.25) is 0 Å². The second-order valence-electron chi connectivity index (χ2n) is 20.1. The molecule has 0 bridgehead atoms. The first-order valence-corrected chi connectivity index (χ1v) is 23.7. The van der Waals surface area contributed by atoms with Crippen molar-refractivity contribution in [3.05, 3.63) is 205 Å². The van der Waals surface area contributed by atoms with Crippen molar-refractivity contribution in [1.82, 2.24) is 0 Å².